The third-order valence-corrected chi connectivity index (χ3v) is 6.24. The summed E-state index contributed by atoms with van der Waals surface area (Å²) in [5.41, 5.74) is 10.4. The minimum absolute atomic E-state index is 1.28. The molecule has 0 unspecified atom stereocenters. The SMILES string of the molecule is Cc1cccc(-c2ccccc2)c1.Cc1ccccc1-c1ccccc1.c1ccc(-c2ccccc2)cc1. The first-order chi connectivity index (χ1) is 18.7. The Kier molecular flexibility index (Phi) is 9.83. The van der Waals surface area contributed by atoms with Gasteiger partial charge in [-0.1, -0.05) is 175 Å². The molecule has 0 aliphatic rings. The molecule has 6 aromatic carbocycles. The smallest absolute Gasteiger partial charge is 0.0155 e. The van der Waals surface area contributed by atoms with E-state index in [-0.39, 0.29) is 0 Å². The zero-order valence-corrected chi connectivity index (χ0v) is 22.2. The molecule has 0 nitrogen and oxygen atoms in total. The van der Waals surface area contributed by atoms with Crippen molar-refractivity contribution >= 4 is 0 Å². The highest BCUT2D eigenvalue weighted by atomic mass is 14.0. The molecule has 0 saturated carbocycles. The molecule has 0 heterocycles. The van der Waals surface area contributed by atoms with Gasteiger partial charge >= 0.3 is 0 Å². The van der Waals surface area contributed by atoms with Crippen LogP contribution in [0.2, 0.25) is 0 Å². The lowest BCUT2D eigenvalue weighted by Crippen LogP contribution is -1.80. The van der Waals surface area contributed by atoms with Crippen LogP contribution in [0.3, 0.4) is 0 Å². The second kappa shape index (κ2) is 14.2. The molecule has 0 bridgehead atoms. The number of hydrogen-bond donors (Lipinski definition) is 0. The van der Waals surface area contributed by atoms with E-state index in [1.807, 2.05) is 24.3 Å². The lowest BCUT2D eigenvalue weighted by Gasteiger charge is -2.04. The topological polar surface area (TPSA) is 0 Å². The lowest BCUT2D eigenvalue weighted by atomic mass is 10.0. The monoisotopic (exact) mass is 490 g/mol. The van der Waals surface area contributed by atoms with Gasteiger partial charge in [-0.3, -0.25) is 0 Å². The third kappa shape index (κ3) is 7.91. The maximum Gasteiger partial charge on any atom is -0.0155 e. The Labute approximate surface area is 227 Å². The van der Waals surface area contributed by atoms with Crippen LogP contribution >= 0.6 is 0 Å². The molecule has 0 fully saturated rings. The minimum atomic E-state index is 1.28. The molecule has 0 aliphatic carbocycles. The number of rotatable bonds is 3. The van der Waals surface area contributed by atoms with Crippen LogP contribution in [0.5, 0.6) is 0 Å². The van der Waals surface area contributed by atoms with E-state index in [0.717, 1.165) is 0 Å². The number of benzene rings is 6. The fourth-order valence-electron chi connectivity index (χ4n) is 4.23. The van der Waals surface area contributed by atoms with Crippen LogP contribution in [0.25, 0.3) is 33.4 Å². The van der Waals surface area contributed by atoms with E-state index >= 15 is 0 Å². The molecule has 0 amide bonds. The highest BCUT2D eigenvalue weighted by Gasteiger charge is 1.98. The van der Waals surface area contributed by atoms with Crippen LogP contribution in [0.4, 0.5) is 0 Å². The summed E-state index contributed by atoms with van der Waals surface area (Å²) in [6.45, 7) is 4.26. The molecular weight excluding hydrogens is 456 g/mol. The van der Waals surface area contributed by atoms with Crippen molar-refractivity contribution in [3.05, 3.63) is 181 Å². The van der Waals surface area contributed by atoms with Crippen molar-refractivity contribution in [2.75, 3.05) is 0 Å². The third-order valence-electron chi connectivity index (χ3n) is 6.24. The van der Waals surface area contributed by atoms with Crippen LogP contribution in [-0.2, 0) is 0 Å². The van der Waals surface area contributed by atoms with Gasteiger partial charge in [-0.25, -0.2) is 0 Å². The van der Waals surface area contributed by atoms with Gasteiger partial charge in [0.25, 0.3) is 0 Å². The molecule has 38 heavy (non-hydrogen) atoms. The predicted molar refractivity (Wildman–Crippen MR) is 165 cm³/mol. The van der Waals surface area contributed by atoms with Gasteiger partial charge in [0.2, 0.25) is 0 Å². The van der Waals surface area contributed by atoms with E-state index in [9.17, 15) is 0 Å². The normalized spacial score (nSPS) is 9.84. The number of hydrogen-bond acceptors (Lipinski definition) is 0. The summed E-state index contributed by atoms with van der Waals surface area (Å²) in [5, 5.41) is 0. The Hall–Kier alpha value is -4.68. The van der Waals surface area contributed by atoms with Crippen molar-refractivity contribution in [1.29, 1.82) is 0 Å². The summed E-state index contributed by atoms with van der Waals surface area (Å²) in [4.78, 5) is 0. The molecule has 0 N–H and O–H groups in total. The standard InChI is InChI=1S/2C13H12.C12H10/c1-11-7-5-6-10-13(11)12-8-3-2-4-9-12;1-11-6-5-9-13(10-11)12-7-3-2-4-8-12;1-3-7-11(8-4-1)12-9-5-2-6-10-12/h2*2-10H,1H3;1-10H. The van der Waals surface area contributed by atoms with Crippen LogP contribution in [0.15, 0.2) is 170 Å². The number of aryl methyl sites for hydroxylation is 2. The van der Waals surface area contributed by atoms with E-state index in [2.05, 4.69) is 159 Å². The molecule has 0 spiro atoms. The van der Waals surface area contributed by atoms with E-state index in [0.29, 0.717) is 0 Å². The molecule has 0 atom stereocenters. The average Bonchev–Trinajstić information content (AvgIpc) is 3.00. The molecule has 0 radical (unpaired) electrons. The molecule has 0 aromatic heterocycles. The Balaban J connectivity index is 0.000000133. The zero-order chi connectivity index (χ0) is 26.4. The van der Waals surface area contributed by atoms with Gasteiger partial charge in [0, 0.05) is 0 Å². The maximum atomic E-state index is 2.20. The summed E-state index contributed by atoms with van der Waals surface area (Å²) in [7, 11) is 0. The average molecular weight is 491 g/mol. The van der Waals surface area contributed by atoms with Crippen molar-refractivity contribution in [2.45, 2.75) is 13.8 Å². The van der Waals surface area contributed by atoms with Crippen molar-refractivity contribution in [2.24, 2.45) is 0 Å². The fourth-order valence-corrected chi connectivity index (χ4v) is 4.23. The molecule has 6 rings (SSSR count). The Morgan fingerprint density at radius 2 is 0.658 bits per heavy atom. The summed E-state index contributed by atoms with van der Waals surface area (Å²) in [5.74, 6) is 0. The lowest BCUT2D eigenvalue weighted by molar-refractivity contribution is 1.46. The molecule has 186 valence electrons. The summed E-state index contributed by atoms with van der Waals surface area (Å²) < 4.78 is 0. The van der Waals surface area contributed by atoms with Gasteiger partial charge < -0.3 is 0 Å². The van der Waals surface area contributed by atoms with Crippen molar-refractivity contribution < 1.29 is 0 Å². The van der Waals surface area contributed by atoms with Crippen molar-refractivity contribution in [1.82, 2.24) is 0 Å². The van der Waals surface area contributed by atoms with Gasteiger partial charge in [-0.15, -0.1) is 0 Å². The predicted octanol–water partition coefficient (Wildman–Crippen LogP) is 10.7. The zero-order valence-electron chi connectivity index (χ0n) is 22.2. The second-order valence-corrected chi connectivity index (χ2v) is 9.15. The molecule has 6 aromatic rings. The summed E-state index contributed by atoms with van der Waals surface area (Å²) in [6.07, 6.45) is 0. The fraction of sp³-hybridized carbons (Fsp3) is 0.0526. The first-order valence-electron chi connectivity index (χ1n) is 13.0. The van der Waals surface area contributed by atoms with Crippen LogP contribution < -0.4 is 0 Å². The van der Waals surface area contributed by atoms with Crippen molar-refractivity contribution in [3.63, 3.8) is 0 Å². The first kappa shape index (κ1) is 26.4. The quantitative estimate of drug-likeness (QED) is 0.231. The van der Waals surface area contributed by atoms with Gasteiger partial charge in [-0.05, 0) is 52.8 Å². The van der Waals surface area contributed by atoms with Crippen LogP contribution in [0, 0.1) is 13.8 Å². The second-order valence-electron chi connectivity index (χ2n) is 9.15. The highest BCUT2D eigenvalue weighted by molar-refractivity contribution is 5.67. The summed E-state index contributed by atoms with van der Waals surface area (Å²) in [6, 6.07) is 58.7. The van der Waals surface area contributed by atoms with E-state index in [1.54, 1.807) is 0 Å². The largest absolute Gasteiger partial charge is 0.0622 e. The van der Waals surface area contributed by atoms with Crippen LogP contribution in [-0.4, -0.2) is 0 Å². The Morgan fingerprint density at radius 3 is 1.11 bits per heavy atom. The van der Waals surface area contributed by atoms with Gasteiger partial charge in [-0.2, -0.15) is 0 Å². The van der Waals surface area contributed by atoms with Crippen molar-refractivity contribution in [3.8, 4) is 33.4 Å². The highest BCUT2D eigenvalue weighted by Crippen LogP contribution is 2.22. The first-order valence-corrected chi connectivity index (χ1v) is 13.0. The van der Waals surface area contributed by atoms with E-state index in [1.165, 1.54) is 44.5 Å². The van der Waals surface area contributed by atoms with Gasteiger partial charge in [0.1, 0.15) is 0 Å². The minimum Gasteiger partial charge on any atom is -0.0622 e. The van der Waals surface area contributed by atoms with E-state index in [4.69, 9.17) is 0 Å². The summed E-state index contributed by atoms with van der Waals surface area (Å²) >= 11 is 0. The van der Waals surface area contributed by atoms with Gasteiger partial charge in [0.15, 0.2) is 0 Å². The molecule has 0 saturated heterocycles. The molecular formula is C38H34. The Bertz CT molecular complexity index is 1450. The van der Waals surface area contributed by atoms with Crippen LogP contribution in [0.1, 0.15) is 11.1 Å². The van der Waals surface area contributed by atoms with E-state index < -0.39 is 0 Å². The molecule has 0 aliphatic heterocycles. The Morgan fingerprint density at radius 1 is 0.289 bits per heavy atom. The maximum absolute atomic E-state index is 2.20. The molecule has 0 heteroatoms. The van der Waals surface area contributed by atoms with Gasteiger partial charge in [0.05, 0.1) is 0 Å².